The summed E-state index contributed by atoms with van der Waals surface area (Å²) in [7, 11) is 0. The van der Waals surface area contributed by atoms with E-state index in [9.17, 15) is 14.4 Å². The molecule has 7 heteroatoms. The van der Waals surface area contributed by atoms with Crippen LogP contribution in [0, 0.1) is 5.92 Å². The first-order valence-corrected chi connectivity index (χ1v) is 9.20. The Morgan fingerprint density at radius 3 is 2.29 bits per heavy atom. The van der Waals surface area contributed by atoms with Gasteiger partial charge in [-0.05, 0) is 37.8 Å². The van der Waals surface area contributed by atoms with Crippen molar-refractivity contribution in [2.75, 3.05) is 13.1 Å². The van der Waals surface area contributed by atoms with Crippen LogP contribution in [0.3, 0.4) is 0 Å². The molecule has 24 heavy (non-hydrogen) atoms. The number of hydrogen-bond donors (Lipinski definition) is 2. The fraction of sp³-hybridized carbons (Fsp3) is 0.588. The Bertz CT molecular complexity index is 601. The second kappa shape index (κ2) is 8.28. The average molecular weight is 352 g/mol. The number of carboxylic acids is 1. The Kier molecular flexibility index (Phi) is 6.36. The van der Waals surface area contributed by atoms with E-state index in [0.29, 0.717) is 18.0 Å². The van der Waals surface area contributed by atoms with Crippen LogP contribution in [0.2, 0.25) is 0 Å². The molecule has 1 aromatic rings. The van der Waals surface area contributed by atoms with E-state index in [1.54, 1.807) is 0 Å². The molecule has 0 saturated carbocycles. The molecule has 0 spiro atoms. The number of thiophene rings is 1. The molecule has 2 N–H and O–H groups in total. The maximum absolute atomic E-state index is 12.4. The highest BCUT2D eigenvalue weighted by Crippen LogP contribution is 2.19. The van der Waals surface area contributed by atoms with Crippen molar-refractivity contribution in [2.45, 2.75) is 45.6 Å². The molecular formula is C17H24N2O4S. The van der Waals surface area contributed by atoms with Crippen LogP contribution in [-0.4, -0.2) is 46.9 Å². The van der Waals surface area contributed by atoms with Gasteiger partial charge in [0, 0.05) is 25.0 Å². The molecule has 0 unspecified atom stereocenters. The minimum Gasteiger partial charge on any atom is -0.477 e. The number of carbonyl (C=O) groups excluding carboxylic acids is 2. The van der Waals surface area contributed by atoms with Gasteiger partial charge in [-0.3, -0.25) is 9.59 Å². The maximum atomic E-state index is 12.4. The Balaban J connectivity index is 1.85. The standard InChI is InChI=1S/C17H24N2O4S/c1-3-11(4-2)16(21)19-9-7-12(8-10-19)18-15(20)13-5-6-14(24-13)17(22)23/h5-6,11-12H,3-4,7-10H2,1-2H3,(H,18,20)(H,22,23). The first-order chi connectivity index (χ1) is 11.5. The van der Waals surface area contributed by atoms with Crippen molar-refractivity contribution < 1.29 is 19.5 Å². The van der Waals surface area contributed by atoms with Gasteiger partial charge >= 0.3 is 5.97 Å². The molecule has 0 atom stereocenters. The summed E-state index contributed by atoms with van der Waals surface area (Å²) >= 11 is 0.977. The van der Waals surface area contributed by atoms with E-state index < -0.39 is 5.97 Å². The molecule has 1 aliphatic rings. The summed E-state index contributed by atoms with van der Waals surface area (Å²) in [5.41, 5.74) is 0. The number of carbonyl (C=O) groups is 3. The molecule has 132 valence electrons. The molecule has 1 fully saturated rings. The van der Waals surface area contributed by atoms with Gasteiger partial charge in [0.15, 0.2) is 0 Å². The number of piperidine rings is 1. The third-order valence-electron chi connectivity index (χ3n) is 4.52. The Hall–Kier alpha value is -1.89. The highest BCUT2D eigenvalue weighted by atomic mass is 32.1. The van der Waals surface area contributed by atoms with E-state index in [0.717, 1.165) is 37.0 Å². The van der Waals surface area contributed by atoms with Gasteiger partial charge in [-0.1, -0.05) is 13.8 Å². The van der Waals surface area contributed by atoms with Crippen LogP contribution in [0.5, 0.6) is 0 Å². The van der Waals surface area contributed by atoms with Crippen molar-refractivity contribution in [3.8, 4) is 0 Å². The maximum Gasteiger partial charge on any atom is 0.345 e. The summed E-state index contributed by atoms with van der Waals surface area (Å²) in [5.74, 6) is -0.949. The third kappa shape index (κ3) is 4.35. The number of likely N-dealkylation sites (tertiary alicyclic amines) is 1. The lowest BCUT2D eigenvalue weighted by Crippen LogP contribution is -2.47. The van der Waals surface area contributed by atoms with E-state index in [-0.39, 0.29) is 28.7 Å². The van der Waals surface area contributed by atoms with Crippen molar-refractivity contribution in [1.29, 1.82) is 0 Å². The average Bonchev–Trinajstić information content (AvgIpc) is 3.07. The molecule has 2 rings (SSSR count). The molecular weight excluding hydrogens is 328 g/mol. The summed E-state index contributed by atoms with van der Waals surface area (Å²) in [6.07, 6.45) is 3.18. The van der Waals surface area contributed by atoms with E-state index in [1.165, 1.54) is 12.1 Å². The number of hydrogen-bond acceptors (Lipinski definition) is 4. The van der Waals surface area contributed by atoms with Gasteiger partial charge in [-0.25, -0.2) is 4.79 Å². The lowest BCUT2D eigenvalue weighted by molar-refractivity contribution is -0.136. The molecule has 6 nitrogen and oxygen atoms in total. The number of carboxylic acid groups (broad SMARTS) is 1. The first kappa shape index (κ1) is 18.4. The smallest absolute Gasteiger partial charge is 0.345 e. The van der Waals surface area contributed by atoms with E-state index in [1.807, 2.05) is 18.7 Å². The van der Waals surface area contributed by atoms with Crippen LogP contribution in [0.25, 0.3) is 0 Å². The molecule has 1 aromatic heterocycles. The first-order valence-electron chi connectivity index (χ1n) is 8.39. The van der Waals surface area contributed by atoms with Crippen molar-refractivity contribution in [1.82, 2.24) is 10.2 Å². The van der Waals surface area contributed by atoms with Gasteiger partial charge in [0.25, 0.3) is 5.91 Å². The summed E-state index contributed by atoms with van der Waals surface area (Å²) in [5, 5.41) is 11.9. The highest BCUT2D eigenvalue weighted by Gasteiger charge is 2.27. The Morgan fingerprint density at radius 1 is 1.21 bits per heavy atom. The summed E-state index contributed by atoms with van der Waals surface area (Å²) in [4.78, 5) is 37.9. The minimum absolute atomic E-state index is 0.0265. The van der Waals surface area contributed by atoms with Crippen LogP contribution in [0.4, 0.5) is 0 Å². The molecule has 1 aliphatic heterocycles. The fourth-order valence-electron chi connectivity index (χ4n) is 2.97. The van der Waals surface area contributed by atoms with Gasteiger partial charge in [0.1, 0.15) is 4.88 Å². The zero-order valence-electron chi connectivity index (χ0n) is 14.1. The van der Waals surface area contributed by atoms with E-state index in [4.69, 9.17) is 5.11 Å². The highest BCUT2D eigenvalue weighted by molar-refractivity contribution is 7.15. The van der Waals surface area contributed by atoms with Crippen molar-refractivity contribution in [3.05, 3.63) is 21.9 Å². The predicted molar refractivity (Wildman–Crippen MR) is 92.4 cm³/mol. The van der Waals surface area contributed by atoms with Crippen LogP contribution >= 0.6 is 11.3 Å². The lowest BCUT2D eigenvalue weighted by atomic mass is 9.98. The zero-order chi connectivity index (χ0) is 17.7. The van der Waals surface area contributed by atoms with E-state index in [2.05, 4.69) is 5.32 Å². The van der Waals surface area contributed by atoms with Crippen LogP contribution in [-0.2, 0) is 4.79 Å². The summed E-state index contributed by atoms with van der Waals surface area (Å²) < 4.78 is 0. The fourth-order valence-corrected chi connectivity index (χ4v) is 3.72. The Morgan fingerprint density at radius 2 is 1.79 bits per heavy atom. The van der Waals surface area contributed by atoms with E-state index >= 15 is 0 Å². The van der Waals surface area contributed by atoms with Gasteiger partial charge in [-0.15, -0.1) is 11.3 Å². The number of nitrogens with one attached hydrogen (secondary N) is 1. The molecule has 0 radical (unpaired) electrons. The second-order valence-corrected chi connectivity index (χ2v) is 7.14. The van der Waals surface area contributed by atoms with Crippen molar-refractivity contribution >= 4 is 29.1 Å². The SMILES string of the molecule is CCC(CC)C(=O)N1CCC(NC(=O)c2ccc(C(=O)O)s2)CC1. The van der Waals surface area contributed by atoms with Gasteiger partial charge in [0.2, 0.25) is 5.91 Å². The van der Waals surface area contributed by atoms with Crippen LogP contribution in [0.15, 0.2) is 12.1 Å². The number of amides is 2. The largest absolute Gasteiger partial charge is 0.477 e. The van der Waals surface area contributed by atoms with Crippen molar-refractivity contribution in [2.24, 2.45) is 5.92 Å². The summed E-state index contributed by atoms with van der Waals surface area (Å²) in [6.45, 7) is 5.38. The molecule has 1 saturated heterocycles. The molecule has 2 heterocycles. The zero-order valence-corrected chi connectivity index (χ0v) is 14.9. The van der Waals surface area contributed by atoms with Crippen molar-refractivity contribution in [3.63, 3.8) is 0 Å². The summed E-state index contributed by atoms with van der Waals surface area (Å²) in [6, 6.07) is 3.01. The lowest BCUT2D eigenvalue weighted by Gasteiger charge is -2.34. The monoisotopic (exact) mass is 352 g/mol. The predicted octanol–water partition coefficient (Wildman–Crippen LogP) is 2.60. The molecule has 0 bridgehead atoms. The quantitative estimate of drug-likeness (QED) is 0.824. The van der Waals surface area contributed by atoms with Gasteiger partial charge < -0.3 is 15.3 Å². The molecule has 0 aromatic carbocycles. The molecule has 2 amide bonds. The van der Waals surface area contributed by atoms with Crippen LogP contribution < -0.4 is 5.32 Å². The number of rotatable bonds is 6. The Labute approximate surface area is 145 Å². The minimum atomic E-state index is -1.02. The second-order valence-electron chi connectivity index (χ2n) is 6.06. The topological polar surface area (TPSA) is 86.7 Å². The molecule has 0 aliphatic carbocycles. The number of aromatic carboxylic acids is 1. The van der Waals surface area contributed by atoms with Gasteiger partial charge in [-0.2, -0.15) is 0 Å². The van der Waals surface area contributed by atoms with Gasteiger partial charge in [0.05, 0.1) is 4.88 Å². The number of nitrogens with zero attached hydrogens (tertiary/aromatic N) is 1. The van der Waals surface area contributed by atoms with Crippen LogP contribution in [0.1, 0.15) is 58.9 Å². The normalized spacial score (nSPS) is 15.5. The third-order valence-corrected chi connectivity index (χ3v) is 5.59.